The van der Waals surface area contributed by atoms with Crippen LogP contribution in [-0.2, 0) is 11.3 Å². The number of nitrogens with zero attached hydrogens (tertiary/aromatic N) is 1. The smallest absolute Gasteiger partial charge is 0.323 e. The van der Waals surface area contributed by atoms with Crippen molar-refractivity contribution < 1.29 is 14.7 Å². The number of rotatable bonds is 4. The molecule has 0 spiro atoms. The Hall–Kier alpha value is -1.78. The monoisotopic (exact) mass is 238 g/mol. The van der Waals surface area contributed by atoms with Crippen LogP contribution in [0.2, 0.25) is 0 Å². The lowest BCUT2D eigenvalue weighted by Crippen LogP contribution is -2.33. The molecule has 1 aromatic heterocycles. The van der Waals surface area contributed by atoms with Crippen LogP contribution in [0.15, 0.2) is 18.3 Å². The van der Waals surface area contributed by atoms with Gasteiger partial charge >= 0.3 is 5.97 Å². The number of nitrogens with one attached hydrogen (secondary N) is 1. The molecule has 1 aromatic rings. The van der Waals surface area contributed by atoms with Crippen LogP contribution in [0.4, 0.5) is 0 Å². The van der Waals surface area contributed by atoms with E-state index in [0.29, 0.717) is 12.2 Å². The van der Waals surface area contributed by atoms with Gasteiger partial charge in [0, 0.05) is 12.7 Å². The van der Waals surface area contributed by atoms with Crippen molar-refractivity contribution in [1.82, 2.24) is 9.88 Å². The molecular weight excluding hydrogens is 220 g/mol. The average molecular weight is 238 g/mol. The zero-order valence-corrected chi connectivity index (χ0v) is 10.4. The molecule has 0 aliphatic rings. The first-order valence-corrected chi connectivity index (χ1v) is 5.45. The number of aromatic nitrogens is 1. The van der Waals surface area contributed by atoms with Gasteiger partial charge in [-0.25, -0.2) is 0 Å². The van der Waals surface area contributed by atoms with Crippen molar-refractivity contribution in [2.45, 2.75) is 27.3 Å². The minimum atomic E-state index is -0.967. The van der Waals surface area contributed by atoms with Crippen LogP contribution < -0.4 is 5.32 Å². The SMILES string of the molecule is CC(C)(C)CNC(=O)c1cccn1CC(=O)O. The van der Waals surface area contributed by atoms with Crippen molar-refractivity contribution in [3.63, 3.8) is 0 Å². The van der Waals surface area contributed by atoms with Gasteiger partial charge in [0.05, 0.1) is 0 Å². The first kappa shape index (κ1) is 13.3. The molecule has 0 aliphatic heterocycles. The normalized spacial score (nSPS) is 11.2. The average Bonchev–Trinajstić information content (AvgIpc) is 2.60. The van der Waals surface area contributed by atoms with Crippen molar-refractivity contribution in [3.8, 4) is 0 Å². The number of carbonyl (C=O) groups excluding carboxylic acids is 1. The molecule has 5 nitrogen and oxygen atoms in total. The second-order valence-corrected chi connectivity index (χ2v) is 5.16. The highest BCUT2D eigenvalue weighted by molar-refractivity contribution is 5.93. The lowest BCUT2D eigenvalue weighted by molar-refractivity contribution is -0.137. The van der Waals surface area contributed by atoms with E-state index < -0.39 is 5.97 Å². The Balaban J connectivity index is 2.69. The molecule has 1 heterocycles. The van der Waals surface area contributed by atoms with Crippen LogP contribution in [0.3, 0.4) is 0 Å². The van der Waals surface area contributed by atoms with E-state index in [-0.39, 0.29) is 17.9 Å². The molecule has 0 unspecified atom stereocenters. The molecule has 0 radical (unpaired) electrons. The molecule has 0 atom stereocenters. The lowest BCUT2D eigenvalue weighted by atomic mass is 9.97. The van der Waals surface area contributed by atoms with Crippen LogP contribution in [0.5, 0.6) is 0 Å². The van der Waals surface area contributed by atoms with E-state index in [1.165, 1.54) is 4.57 Å². The maximum absolute atomic E-state index is 11.8. The van der Waals surface area contributed by atoms with Gasteiger partial charge in [-0.15, -0.1) is 0 Å². The van der Waals surface area contributed by atoms with Crippen molar-refractivity contribution in [1.29, 1.82) is 0 Å². The summed E-state index contributed by atoms with van der Waals surface area (Å²) in [5.41, 5.74) is 0.372. The van der Waals surface area contributed by atoms with Gasteiger partial charge in [-0.05, 0) is 17.5 Å². The van der Waals surface area contributed by atoms with Crippen LogP contribution in [0.25, 0.3) is 0 Å². The summed E-state index contributed by atoms with van der Waals surface area (Å²) in [5, 5.41) is 11.5. The molecule has 17 heavy (non-hydrogen) atoms. The Morgan fingerprint density at radius 3 is 2.59 bits per heavy atom. The quantitative estimate of drug-likeness (QED) is 0.831. The Morgan fingerprint density at radius 1 is 1.41 bits per heavy atom. The van der Waals surface area contributed by atoms with Crippen LogP contribution in [-0.4, -0.2) is 28.1 Å². The molecule has 0 aliphatic carbocycles. The van der Waals surface area contributed by atoms with E-state index in [4.69, 9.17) is 5.11 Å². The number of carboxylic acids is 1. The molecule has 1 amide bonds. The minimum Gasteiger partial charge on any atom is -0.480 e. The lowest BCUT2D eigenvalue weighted by Gasteiger charge is -2.18. The third kappa shape index (κ3) is 4.30. The summed E-state index contributed by atoms with van der Waals surface area (Å²) in [4.78, 5) is 22.4. The summed E-state index contributed by atoms with van der Waals surface area (Å²) in [6.45, 7) is 6.39. The van der Waals surface area contributed by atoms with Gasteiger partial charge in [-0.1, -0.05) is 20.8 Å². The highest BCUT2D eigenvalue weighted by Crippen LogP contribution is 2.11. The first-order valence-electron chi connectivity index (χ1n) is 5.45. The third-order valence-electron chi connectivity index (χ3n) is 2.15. The minimum absolute atomic E-state index is 0.000118. The maximum Gasteiger partial charge on any atom is 0.323 e. The second kappa shape index (κ2) is 5.03. The predicted molar refractivity (Wildman–Crippen MR) is 63.9 cm³/mol. The highest BCUT2D eigenvalue weighted by atomic mass is 16.4. The van der Waals surface area contributed by atoms with E-state index >= 15 is 0 Å². The number of carbonyl (C=O) groups is 2. The van der Waals surface area contributed by atoms with Gasteiger partial charge in [0.1, 0.15) is 12.2 Å². The number of hydrogen-bond acceptors (Lipinski definition) is 2. The number of amides is 1. The molecule has 0 saturated carbocycles. The van der Waals surface area contributed by atoms with Crippen molar-refractivity contribution in [2.75, 3.05) is 6.54 Å². The molecular formula is C12H18N2O3. The zero-order chi connectivity index (χ0) is 13.1. The summed E-state index contributed by atoms with van der Waals surface area (Å²) in [6.07, 6.45) is 1.58. The van der Waals surface area contributed by atoms with Gasteiger partial charge in [-0.3, -0.25) is 9.59 Å². The molecule has 94 valence electrons. The molecule has 5 heteroatoms. The van der Waals surface area contributed by atoms with Crippen LogP contribution >= 0.6 is 0 Å². The van der Waals surface area contributed by atoms with E-state index in [9.17, 15) is 9.59 Å². The highest BCUT2D eigenvalue weighted by Gasteiger charge is 2.16. The van der Waals surface area contributed by atoms with Gasteiger partial charge in [0.15, 0.2) is 0 Å². The molecule has 0 bridgehead atoms. The fraction of sp³-hybridized carbons (Fsp3) is 0.500. The van der Waals surface area contributed by atoms with E-state index in [0.717, 1.165) is 0 Å². The Kier molecular flexibility index (Phi) is 3.93. The summed E-state index contributed by atoms with van der Waals surface area (Å²) in [5.74, 6) is -1.21. The summed E-state index contributed by atoms with van der Waals surface area (Å²) in [7, 11) is 0. The van der Waals surface area contributed by atoms with Gasteiger partial charge in [0.2, 0.25) is 0 Å². The molecule has 0 saturated heterocycles. The Labute approximate surface area is 100 Å². The van der Waals surface area contributed by atoms with Crippen LogP contribution in [0, 0.1) is 5.41 Å². The Bertz CT molecular complexity index is 416. The second-order valence-electron chi connectivity index (χ2n) is 5.16. The fourth-order valence-corrected chi connectivity index (χ4v) is 1.34. The molecule has 0 aromatic carbocycles. The van der Waals surface area contributed by atoms with Gasteiger partial charge < -0.3 is 15.0 Å². The zero-order valence-electron chi connectivity index (χ0n) is 10.4. The van der Waals surface area contributed by atoms with Crippen LogP contribution in [0.1, 0.15) is 31.3 Å². The topological polar surface area (TPSA) is 71.3 Å². The van der Waals surface area contributed by atoms with E-state index in [1.807, 2.05) is 20.8 Å². The standard InChI is InChI=1S/C12H18N2O3/c1-12(2,3)8-13-11(17)9-5-4-6-14(9)7-10(15)16/h4-6H,7-8H2,1-3H3,(H,13,17)(H,15,16). The molecule has 1 rings (SSSR count). The third-order valence-corrected chi connectivity index (χ3v) is 2.15. The fourth-order valence-electron chi connectivity index (χ4n) is 1.34. The summed E-state index contributed by atoms with van der Waals surface area (Å²) < 4.78 is 1.42. The largest absolute Gasteiger partial charge is 0.480 e. The van der Waals surface area contributed by atoms with Gasteiger partial charge in [0.25, 0.3) is 5.91 Å². The van der Waals surface area contributed by atoms with Crippen molar-refractivity contribution in [3.05, 3.63) is 24.0 Å². The number of aliphatic carboxylic acids is 1. The van der Waals surface area contributed by atoms with E-state index in [1.54, 1.807) is 18.3 Å². The molecule has 0 fully saturated rings. The van der Waals surface area contributed by atoms with Crippen molar-refractivity contribution >= 4 is 11.9 Å². The Morgan fingerprint density at radius 2 is 2.06 bits per heavy atom. The number of hydrogen-bond donors (Lipinski definition) is 2. The summed E-state index contributed by atoms with van der Waals surface area (Å²) >= 11 is 0. The maximum atomic E-state index is 11.8. The van der Waals surface area contributed by atoms with Gasteiger partial charge in [-0.2, -0.15) is 0 Å². The number of carboxylic acid groups (broad SMARTS) is 1. The molecule has 2 N–H and O–H groups in total. The first-order chi connectivity index (χ1) is 7.79. The van der Waals surface area contributed by atoms with Crippen molar-refractivity contribution in [2.24, 2.45) is 5.41 Å². The van der Waals surface area contributed by atoms with E-state index in [2.05, 4.69) is 5.32 Å². The summed E-state index contributed by atoms with van der Waals surface area (Å²) in [6, 6.07) is 3.27. The predicted octanol–water partition coefficient (Wildman–Crippen LogP) is 1.35.